The van der Waals surface area contributed by atoms with Crippen LogP contribution in [-0.2, 0) is 17.3 Å². The number of aryl methyl sites for hydroxylation is 1. The van der Waals surface area contributed by atoms with Crippen molar-refractivity contribution < 1.29 is 9.90 Å². The third-order valence-corrected chi connectivity index (χ3v) is 1.71. The van der Waals surface area contributed by atoms with Crippen LogP contribution in [0, 0.1) is 0 Å². The van der Waals surface area contributed by atoms with Gasteiger partial charge in [0.2, 0.25) is 0 Å². The third-order valence-electron chi connectivity index (χ3n) is 1.71. The Labute approximate surface area is 69.2 Å². The van der Waals surface area contributed by atoms with E-state index in [0.717, 1.165) is 0 Å². The van der Waals surface area contributed by atoms with Crippen LogP contribution in [0.3, 0.4) is 0 Å². The Hall–Kier alpha value is -1.46. The molecule has 1 N–H and O–H groups in total. The molecule has 0 aliphatic heterocycles. The first-order valence-electron chi connectivity index (χ1n) is 3.42. The fourth-order valence-electron chi connectivity index (χ4n) is 0.855. The molecule has 0 amide bonds. The highest BCUT2D eigenvalue weighted by atomic mass is 16.4. The maximum absolute atomic E-state index is 10.8. The van der Waals surface area contributed by atoms with Crippen LogP contribution in [0.2, 0.25) is 0 Å². The molecule has 6 nitrogen and oxygen atoms in total. The highest BCUT2D eigenvalue weighted by Crippen LogP contribution is 2.19. The average molecular weight is 170 g/mol. The number of carbonyl (C=O) groups is 1. The van der Waals surface area contributed by atoms with Crippen LogP contribution in [0.5, 0.6) is 0 Å². The molecule has 0 atom stereocenters. The predicted molar refractivity (Wildman–Crippen MR) is 39.5 cm³/mol. The van der Waals surface area contributed by atoms with Gasteiger partial charge in [-0.2, -0.15) is 0 Å². The molecule has 0 bridgehead atoms. The van der Waals surface area contributed by atoms with Gasteiger partial charge < -0.3 is 5.11 Å². The van der Waals surface area contributed by atoms with Crippen molar-refractivity contribution in [2.75, 3.05) is 0 Å². The van der Waals surface area contributed by atoms with Crippen molar-refractivity contribution in [2.45, 2.75) is 19.3 Å². The molecule has 1 aromatic heterocycles. The van der Waals surface area contributed by atoms with Crippen molar-refractivity contribution in [2.24, 2.45) is 7.05 Å². The molecule has 0 aromatic carbocycles. The van der Waals surface area contributed by atoms with E-state index in [0.29, 0.717) is 5.82 Å². The minimum Gasteiger partial charge on any atom is -0.481 e. The predicted octanol–water partition coefficient (Wildman–Crippen LogP) is -0.428. The van der Waals surface area contributed by atoms with E-state index in [9.17, 15) is 4.79 Å². The third kappa shape index (κ3) is 1.15. The molecule has 0 radical (unpaired) electrons. The number of aromatic nitrogens is 4. The van der Waals surface area contributed by atoms with E-state index in [1.807, 2.05) is 0 Å². The van der Waals surface area contributed by atoms with E-state index in [1.165, 1.54) is 4.68 Å². The number of hydrogen-bond acceptors (Lipinski definition) is 4. The Kier molecular flexibility index (Phi) is 1.83. The largest absolute Gasteiger partial charge is 0.481 e. The lowest BCUT2D eigenvalue weighted by Crippen LogP contribution is -2.31. The molecule has 0 saturated heterocycles. The molecule has 0 aliphatic carbocycles. The lowest BCUT2D eigenvalue weighted by atomic mass is 9.93. The molecule has 1 rings (SSSR count). The lowest BCUT2D eigenvalue weighted by Gasteiger charge is -2.15. The zero-order valence-electron chi connectivity index (χ0n) is 7.14. The van der Waals surface area contributed by atoms with Crippen molar-refractivity contribution in [1.82, 2.24) is 20.2 Å². The van der Waals surface area contributed by atoms with Crippen LogP contribution < -0.4 is 0 Å². The Morgan fingerprint density at radius 1 is 1.58 bits per heavy atom. The topological polar surface area (TPSA) is 80.9 Å². The maximum atomic E-state index is 10.8. The summed E-state index contributed by atoms with van der Waals surface area (Å²) in [6, 6.07) is 0. The lowest BCUT2D eigenvalue weighted by molar-refractivity contribution is -0.142. The Bertz CT molecular complexity index is 304. The Balaban J connectivity index is 3.13. The summed E-state index contributed by atoms with van der Waals surface area (Å²) in [7, 11) is 1.61. The molecule has 6 heteroatoms. The number of carboxylic acid groups (broad SMARTS) is 1. The molecule has 0 saturated carbocycles. The minimum atomic E-state index is -1.04. The number of nitrogens with zero attached hydrogens (tertiary/aromatic N) is 4. The van der Waals surface area contributed by atoms with Crippen LogP contribution in [0.15, 0.2) is 0 Å². The van der Waals surface area contributed by atoms with Gasteiger partial charge in [0.1, 0.15) is 5.41 Å². The number of rotatable bonds is 2. The van der Waals surface area contributed by atoms with Crippen molar-refractivity contribution in [1.29, 1.82) is 0 Å². The summed E-state index contributed by atoms with van der Waals surface area (Å²) in [5.74, 6) is -0.601. The maximum Gasteiger partial charge on any atom is 0.316 e. The molecular weight excluding hydrogens is 160 g/mol. The zero-order valence-corrected chi connectivity index (χ0v) is 7.14. The SMILES string of the molecule is Cn1nnnc1C(C)(C)C(=O)O. The second-order valence-electron chi connectivity index (χ2n) is 3.06. The monoisotopic (exact) mass is 170 g/mol. The van der Waals surface area contributed by atoms with E-state index in [4.69, 9.17) is 5.11 Å². The van der Waals surface area contributed by atoms with Gasteiger partial charge in [-0.15, -0.1) is 5.10 Å². The molecule has 0 aliphatic rings. The van der Waals surface area contributed by atoms with Crippen molar-refractivity contribution in [3.63, 3.8) is 0 Å². The fourth-order valence-corrected chi connectivity index (χ4v) is 0.855. The highest BCUT2D eigenvalue weighted by molar-refractivity contribution is 5.78. The van der Waals surface area contributed by atoms with Crippen LogP contribution >= 0.6 is 0 Å². The van der Waals surface area contributed by atoms with E-state index >= 15 is 0 Å². The molecule has 0 spiro atoms. The number of hydrogen-bond donors (Lipinski definition) is 1. The molecule has 0 unspecified atom stereocenters. The van der Waals surface area contributed by atoms with E-state index in [1.54, 1.807) is 20.9 Å². The molecule has 12 heavy (non-hydrogen) atoms. The fraction of sp³-hybridized carbons (Fsp3) is 0.667. The standard InChI is InChI=1S/C6H10N4O2/c1-6(2,5(11)12)4-7-8-9-10(4)3/h1-3H3,(H,11,12). The molecule has 66 valence electrons. The van der Waals surface area contributed by atoms with Crippen molar-refractivity contribution in [3.05, 3.63) is 5.82 Å². The van der Waals surface area contributed by atoms with Gasteiger partial charge in [0, 0.05) is 7.05 Å². The van der Waals surface area contributed by atoms with Gasteiger partial charge in [0.15, 0.2) is 5.82 Å². The van der Waals surface area contributed by atoms with E-state index in [-0.39, 0.29) is 0 Å². The minimum absolute atomic E-state index is 0.343. The number of tetrazole rings is 1. The van der Waals surface area contributed by atoms with E-state index < -0.39 is 11.4 Å². The van der Waals surface area contributed by atoms with Crippen LogP contribution in [-0.4, -0.2) is 31.3 Å². The van der Waals surface area contributed by atoms with Crippen LogP contribution in [0.1, 0.15) is 19.7 Å². The second-order valence-corrected chi connectivity index (χ2v) is 3.06. The first-order valence-corrected chi connectivity index (χ1v) is 3.42. The number of aliphatic carboxylic acids is 1. The quantitative estimate of drug-likeness (QED) is 0.651. The van der Waals surface area contributed by atoms with Gasteiger partial charge in [-0.3, -0.25) is 4.79 Å². The molecule has 1 aromatic rings. The summed E-state index contributed by atoms with van der Waals surface area (Å²) in [5, 5.41) is 19.4. The molecule has 0 fully saturated rings. The van der Waals surface area contributed by atoms with Gasteiger partial charge in [0.05, 0.1) is 0 Å². The van der Waals surface area contributed by atoms with Gasteiger partial charge in [-0.1, -0.05) is 0 Å². The van der Waals surface area contributed by atoms with Gasteiger partial charge >= 0.3 is 5.97 Å². The van der Waals surface area contributed by atoms with Crippen molar-refractivity contribution in [3.8, 4) is 0 Å². The van der Waals surface area contributed by atoms with Gasteiger partial charge in [-0.25, -0.2) is 4.68 Å². The second kappa shape index (κ2) is 2.54. The normalized spacial score (nSPS) is 11.6. The molecule has 1 heterocycles. The van der Waals surface area contributed by atoms with Crippen LogP contribution in [0.25, 0.3) is 0 Å². The Morgan fingerprint density at radius 2 is 2.17 bits per heavy atom. The first kappa shape index (κ1) is 8.63. The summed E-state index contributed by atoms with van der Waals surface area (Å²) in [6.45, 7) is 3.11. The average Bonchev–Trinajstić information content (AvgIpc) is 2.35. The van der Waals surface area contributed by atoms with Crippen LogP contribution in [0.4, 0.5) is 0 Å². The van der Waals surface area contributed by atoms with Gasteiger partial charge in [0.25, 0.3) is 0 Å². The summed E-state index contributed by atoms with van der Waals surface area (Å²) in [6.07, 6.45) is 0. The first-order chi connectivity index (χ1) is 5.46. The summed E-state index contributed by atoms with van der Waals surface area (Å²) in [5.41, 5.74) is -1.04. The highest BCUT2D eigenvalue weighted by Gasteiger charge is 2.34. The smallest absolute Gasteiger partial charge is 0.316 e. The Morgan fingerprint density at radius 3 is 2.50 bits per heavy atom. The molecular formula is C6H10N4O2. The summed E-state index contributed by atoms with van der Waals surface area (Å²) in [4.78, 5) is 10.8. The number of carboxylic acids is 1. The van der Waals surface area contributed by atoms with Gasteiger partial charge in [-0.05, 0) is 24.3 Å². The zero-order chi connectivity index (χ0) is 9.35. The summed E-state index contributed by atoms with van der Waals surface area (Å²) < 4.78 is 1.36. The van der Waals surface area contributed by atoms with Crippen molar-refractivity contribution >= 4 is 5.97 Å². The van der Waals surface area contributed by atoms with E-state index in [2.05, 4.69) is 15.5 Å². The summed E-state index contributed by atoms with van der Waals surface area (Å²) >= 11 is 0.